The number of carbonyl (C=O) groups is 3. The number of nitrogens with one attached hydrogen (secondary N) is 3. The zero-order valence-corrected chi connectivity index (χ0v) is 35.6. The van der Waals surface area contributed by atoms with Crippen LogP contribution in [0, 0.1) is 26.7 Å². The van der Waals surface area contributed by atoms with Crippen LogP contribution in [0.5, 0.6) is 0 Å². The first-order valence-electron chi connectivity index (χ1n) is 21.1. The predicted octanol–water partition coefficient (Wildman–Crippen LogP) is 6.24. The summed E-state index contributed by atoms with van der Waals surface area (Å²) in [5, 5.41) is 15.2. The van der Waals surface area contributed by atoms with Gasteiger partial charge in [0.1, 0.15) is 12.0 Å². The number of amides is 4. The second-order valence-corrected chi connectivity index (χ2v) is 17.7. The van der Waals surface area contributed by atoms with Crippen LogP contribution in [0.25, 0.3) is 33.5 Å². The van der Waals surface area contributed by atoms with Gasteiger partial charge in [0, 0.05) is 91.2 Å². The van der Waals surface area contributed by atoms with Crippen molar-refractivity contribution in [3.05, 3.63) is 89.1 Å². The van der Waals surface area contributed by atoms with E-state index in [0.717, 1.165) is 107 Å². The van der Waals surface area contributed by atoms with Crippen molar-refractivity contribution in [1.82, 2.24) is 50.4 Å². The number of urea groups is 1. The third-order valence-corrected chi connectivity index (χ3v) is 12.4. The number of nitrogens with zero attached hydrogens (tertiary/aromatic N) is 9. The number of benzene rings is 2. The minimum Gasteiger partial charge on any atom is -0.372 e. The van der Waals surface area contributed by atoms with Crippen molar-refractivity contribution in [2.75, 3.05) is 49.1 Å². The maximum atomic E-state index is 12.8. The van der Waals surface area contributed by atoms with E-state index in [9.17, 15) is 14.4 Å². The summed E-state index contributed by atoms with van der Waals surface area (Å²) in [5.74, 6) is 0.458. The van der Waals surface area contributed by atoms with Gasteiger partial charge in [-0.15, -0.1) is 0 Å². The van der Waals surface area contributed by atoms with Crippen LogP contribution in [0.2, 0.25) is 0 Å². The van der Waals surface area contributed by atoms with Crippen molar-refractivity contribution in [2.24, 2.45) is 5.92 Å². The highest BCUT2D eigenvalue weighted by atomic mass is 16.5. The Hall–Kier alpha value is -6.42. The fourth-order valence-electron chi connectivity index (χ4n) is 8.86. The van der Waals surface area contributed by atoms with Crippen LogP contribution in [0.15, 0.2) is 59.4 Å². The fraction of sp³-hybridized carbons (Fsp3) is 0.422. The number of aromatic nitrogens is 7. The average Bonchev–Trinajstić information content (AvgIpc) is 3.96. The Kier molecular flexibility index (Phi) is 10.4. The van der Waals surface area contributed by atoms with Crippen molar-refractivity contribution in [2.45, 2.75) is 78.8 Å². The van der Waals surface area contributed by atoms with E-state index in [1.165, 1.54) is 5.69 Å². The average molecular weight is 825 g/mol. The fourth-order valence-corrected chi connectivity index (χ4v) is 8.86. The number of imide groups is 1. The minimum atomic E-state index is -0.408. The normalized spacial score (nSPS) is 17.0. The summed E-state index contributed by atoms with van der Waals surface area (Å²) in [7, 11) is 0. The summed E-state index contributed by atoms with van der Waals surface area (Å²) in [6, 6.07) is 16.3. The van der Waals surface area contributed by atoms with Gasteiger partial charge >= 0.3 is 17.8 Å². The molecule has 3 saturated heterocycles. The number of aryl methyl sites for hydroxylation is 2. The first kappa shape index (κ1) is 40.0. The molecule has 0 atom stereocenters. The number of fused-ring (bicyclic) bond motifs is 1. The molecule has 0 bridgehead atoms. The van der Waals surface area contributed by atoms with Crippen molar-refractivity contribution in [3.8, 4) is 22.5 Å². The van der Waals surface area contributed by atoms with E-state index in [-0.39, 0.29) is 23.2 Å². The number of rotatable bonds is 10. The van der Waals surface area contributed by atoms with Crippen molar-refractivity contribution >= 4 is 40.3 Å². The number of H-pyrrole nitrogens is 1. The molecule has 316 valence electrons. The van der Waals surface area contributed by atoms with Crippen LogP contribution in [0.3, 0.4) is 0 Å². The van der Waals surface area contributed by atoms with Crippen LogP contribution in [-0.2, 0) is 16.8 Å². The van der Waals surface area contributed by atoms with Crippen molar-refractivity contribution in [1.29, 1.82) is 0 Å². The summed E-state index contributed by atoms with van der Waals surface area (Å²) >= 11 is 0. The molecular formula is C45H52N12O4. The number of carbonyl (C=O) groups excluding carboxylic acids is 3. The Balaban J connectivity index is 0.802. The summed E-state index contributed by atoms with van der Waals surface area (Å²) in [6.45, 7) is 17.9. The topological polar surface area (TPSA) is 183 Å². The molecule has 3 fully saturated rings. The zero-order valence-electron chi connectivity index (χ0n) is 35.6. The quantitative estimate of drug-likeness (QED) is 0.142. The van der Waals surface area contributed by atoms with Gasteiger partial charge in [-0.3, -0.25) is 29.4 Å². The molecule has 9 rings (SSSR count). The van der Waals surface area contributed by atoms with E-state index < -0.39 is 5.91 Å². The van der Waals surface area contributed by atoms with Crippen LogP contribution < -0.4 is 20.4 Å². The number of hydrogen-bond donors (Lipinski definition) is 3. The molecule has 0 aliphatic carbocycles. The molecule has 6 aromatic rings. The Morgan fingerprint density at radius 1 is 0.951 bits per heavy atom. The number of hydrogen-bond acceptors (Lipinski definition) is 11. The molecule has 16 heteroatoms. The second kappa shape index (κ2) is 15.9. The number of aromatic amines is 1. The lowest BCUT2D eigenvalue weighted by molar-refractivity contribution is -0.120. The van der Waals surface area contributed by atoms with Crippen molar-refractivity contribution < 1.29 is 18.9 Å². The predicted molar refractivity (Wildman–Crippen MR) is 231 cm³/mol. The molecule has 0 unspecified atom stereocenters. The molecule has 2 aromatic carbocycles. The monoisotopic (exact) mass is 824 g/mol. The summed E-state index contributed by atoms with van der Waals surface area (Å²) in [4.78, 5) is 60.3. The van der Waals surface area contributed by atoms with Gasteiger partial charge in [-0.2, -0.15) is 10.1 Å². The van der Waals surface area contributed by atoms with Gasteiger partial charge in [-0.1, -0.05) is 38.1 Å². The van der Waals surface area contributed by atoms with Gasteiger partial charge in [0.2, 0.25) is 5.91 Å². The standard InChI is InChI=1S/C45H52N12O4/c1-26-19-30(7-8-31(26)21-46-41(59)42-51-43(53-61-42)45(4,5)6)39-35-20-36(49-40(35)48-25-47-39)38-27(2)52-57(28(38)3)34-23-54(24-34)22-29-13-16-55(17-14-29)32-9-11-33(12-10-32)56-18-15-37(58)50-44(56)60/h7-12,19-20,25,29,34H,13-18,21-24H2,1-6H3,(H,46,59)(H,47,48,49)(H,50,58,60). The van der Waals surface area contributed by atoms with E-state index in [1.54, 1.807) is 11.2 Å². The van der Waals surface area contributed by atoms with Crippen molar-refractivity contribution in [3.63, 3.8) is 0 Å². The highest BCUT2D eigenvalue weighted by molar-refractivity contribution is 6.05. The van der Waals surface area contributed by atoms with Crippen LogP contribution >= 0.6 is 0 Å². The lowest BCUT2D eigenvalue weighted by Crippen LogP contribution is -2.51. The zero-order chi connectivity index (χ0) is 42.6. The lowest BCUT2D eigenvalue weighted by atomic mass is 9.94. The molecule has 0 radical (unpaired) electrons. The lowest BCUT2D eigenvalue weighted by Gasteiger charge is -2.43. The van der Waals surface area contributed by atoms with E-state index in [4.69, 9.17) is 14.6 Å². The van der Waals surface area contributed by atoms with E-state index >= 15 is 0 Å². The maximum absolute atomic E-state index is 12.8. The SMILES string of the molecule is Cc1cc(-c2ncnc3[nH]c(-c4c(C)nn(C5CN(CC6CCN(c7ccc(N8CCC(=O)NC8=O)cc7)CC6)C5)c4C)cc23)ccc1CNC(=O)c1nc(C(C)(C)C)no1. The molecule has 4 aromatic heterocycles. The molecule has 16 nitrogen and oxygen atoms in total. The first-order chi connectivity index (χ1) is 29.3. The van der Waals surface area contributed by atoms with E-state index in [1.807, 2.05) is 52.0 Å². The van der Waals surface area contributed by atoms with Gasteiger partial charge in [0.05, 0.1) is 23.1 Å². The highest BCUT2D eigenvalue weighted by Gasteiger charge is 2.34. The molecular weight excluding hydrogens is 773 g/mol. The minimum absolute atomic E-state index is 0.0464. The molecule has 3 aliphatic heterocycles. The number of piperidine rings is 1. The van der Waals surface area contributed by atoms with Crippen LogP contribution in [-0.4, -0.2) is 96.9 Å². The number of likely N-dealkylation sites (tertiary alicyclic amines) is 1. The Morgan fingerprint density at radius 2 is 1.70 bits per heavy atom. The Labute approximate surface area is 354 Å². The molecule has 3 N–H and O–H groups in total. The maximum Gasteiger partial charge on any atom is 0.328 e. The van der Waals surface area contributed by atoms with Gasteiger partial charge in [0.15, 0.2) is 5.82 Å². The Morgan fingerprint density at radius 3 is 2.41 bits per heavy atom. The van der Waals surface area contributed by atoms with Gasteiger partial charge in [0.25, 0.3) is 0 Å². The van der Waals surface area contributed by atoms with Crippen LogP contribution in [0.4, 0.5) is 16.2 Å². The van der Waals surface area contributed by atoms with Gasteiger partial charge in [-0.25, -0.2) is 14.8 Å². The molecule has 0 saturated carbocycles. The largest absolute Gasteiger partial charge is 0.372 e. The third kappa shape index (κ3) is 7.99. The van der Waals surface area contributed by atoms with Gasteiger partial charge < -0.3 is 19.7 Å². The smallest absolute Gasteiger partial charge is 0.328 e. The first-order valence-corrected chi connectivity index (χ1v) is 21.1. The molecule has 3 aliphatic rings. The molecule has 4 amide bonds. The Bertz CT molecular complexity index is 2620. The summed E-state index contributed by atoms with van der Waals surface area (Å²) in [6.07, 6.45) is 4.18. The van der Waals surface area contributed by atoms with E-state index in [0.29, 0.717) is 37.3 Å². The highest BCUT2D eigenvalue weighted by Crippen LogP contribution is 2.36. The van der Waals surface area contributed by atoms with Crippen LogP contribution in [0.1, 0.15) is 85.1 Å². The summed E-state index contributed by atoms with van der Waals surface area (Å²) in [5.41, 5.74) is 10.4. The summed E-state index contributed by atoms with van der Waals surface area (Å²) < 4.78 is 7.42. The van der Waals surface area contributed by atoms with E-state index in [2.05, 4.69) is 83.3 Å². The molecule has 7 heterocycles. The third-order valence-electron chi connectivity index (χ3n) is 12.4. The molecule has 61 heavy (non-hydrogen) atoms. The molecule has 0 spiro atoms. The number of anilines is 2. The second-order valence-electron chi connectivity index (χ2n) is 17.7. The van der Waals surface area contributed by atoms with Gasteiger partial charge in [-0.05, 0) is 87.1 Å².